The number of aliphatic carboxylic acids is 1. The van der Waals surface area contributed by atoms with Gasteiger partial charge in [-0.15, -0.1) is 0 Å². The maximum atomic E-state index is 13.2. The lowest BCUT2D eigenvalue weighted by molar-refractivity contribution is -0.142. The minimum Gasteiger partial charge on any atom is -0.481 e. The van der Waals surface area contributed by atoms with Crippen LogP contribution in [-0.4, -0.2) is 28.0 Å². The van der Waals surface area contributed by atoms with Gasteiger partial charge in [0.05, 0.1) is 5.92 Å². The summed E-state index contributed by atoms with van der Waals surface area (Å²) >= 11 is 0. The second-order valence-electron chi connectivity index (χ2n) is 5.77. The van der Waals surface area contributed by atoms with Crippen molar-refractivity contribution < 1.29 is 19.1 Å². The van der Waals surface area contributed by atoms with Crippen molar-refractivity contribution in [1.29, 1.82) is 0 Å². The first-order chi connectivity index (χ1) is 10.5. The molecule has 1 aliphatic carbocycles. The van der Waals surface area contributed by atoms with Gasteiger partial charge in [0.1, 0.15) is 11.5 Å². The van der Waals surface area contributed by atoms with Crippen molar-refractivity contribution in [1.82, 2.24) is 10.3 Å². The van der Waals surface area contributed by atoms with E-state index in [2.05, 4.69) is 10.3 Å². The van der Waals surface area contributed by atoms with Crippen molar-refractivity contribution >= 4 is 22.8 Å². The monoisotopic (exact) mass is 304 g/mol. The van der Waals surface area contributed by atoms with E-state index >= 15 is 0 Å². The second-order valence-corrected chi connectivity index (χ2v) is 5.77. The molecule has 22 heavy (non-hydrogen) atoms. The lowest BCUT2D eigenvalue weighted by atomic mass is 9.86. The zero-order valence-corrected chi connectivity index (χ0v) is 11.9. The highest BCUT2D eigenvalue weighted by atomic mass is 19.1. The van der Waals surface area contributed by atoms with Gasteiger partial charge in [-0.1, -0.05) is 0 Å². The Labute approximate surface area is 126 Å². The number of nitrogens with one attached hydrogen (secondary N) is 2. The number of carboxylic acids is 1. The number of hydrogen-bond acceptors (Lipinski definition) is 2. The van der Waals surface area contributed by atoms with E-state index in [0.29, 0.717) is 42.3 Å². The molecule has 5 nitrogen and oxygen atoms in total. The molecule has 6 heteroatoms. The Balaban J connectivity index is 1.65. The summed E-state index contributed by atoms with van der Waals surface area (Å²) in [5.74, 6) is -1.65. The molecule has 1 fully saturated rings. The van der Waals surface area contributed by atoms with Gasteiger partial charge < -0.3 is 15.4 Å². The zero-order chi connectivity index (χ0) is 15.7. The van der Waals surface area contributed by atoms with Crippen molar-refractivity contribution in [2.24, 2.45) is 5.92 Å². The van der Waals surface area contributed by atoms with Gasteiger partial charge in [0, 0.05) is 16.9 Å². The standard InChI is InChI=1S/C16H17FN2O3/c17-11-3-6-13-10(7-11)8-14(19-13)15(20)18-12-4-1-9(2-5-12)16(21)22/h3,6-9,12,19H,1-2,4-5H2,(H,18,20)(H,21,22). The van der Waals surface area contributed by atoms with Crippen LogP contribution in [0.5, 0.6) is 0 Å². The van der Waals surface area contributed by atoms with Crippen LogP contribution < -0.4 is 5.32 Å². The topological polar surface area (TPSA) is 82.2 Å². The highest BCUT2D eigenvalue weighted by molar-refractivity contribution is 5.98. The second kappa shape index (κ2) is 5.79. The predicted octanol–water partition coefficient (Wildman–Crippen LogP) is 2.68. The molecule has 0 bridgehead atoms. The summed E-state index contributed by atoms with van der Waals surface area (Å²) in [5.41, 5.74) is 1.10. The van der Waals surface area contributed by atoms with Gasteiger partial charge >= 0.3 is 5.97 Å². The van der Waals surface area contributed by atoms with Crippen LogP contribution >= 0.6 is 0 Å². The smallest absolute Gasteiger partial charge is 0.306 e. The molecule has 0 aliphatic heterocycles. The van der Waals surface area contributed by atoms with Gasteiger partial charge in [-0.25, -0.2) is 4.39 Å². The largest absolute Gasteiger partial charge is 0.481 e. The fourth-order valence-corrected chi connectivity index (χ4v) is 2.97. The molecule has 0 unspecified atom stereocenters. The normalized spacial score (nSPS) is 21.7. The third kappa shape index (κ3) is 2.95. The summed E-state index contributed by atoms with van der Waals surface area (Å²) in [5, 5.41) is 12.5. The Kier molecular flexibility index (Phi) is 3.83. The summed E-state index contributed by atoms with van der Waals surface area (Å²) < 4.78 is 13.2. The number of carbonyl (C=O) groups excluding carboxylic acids is 1. The van der Waals surface area contributed by atoms with Crippen molar-refractivity contribution in [3.05, 3.63) is 35.8 Å². The molecule has 1 aromatic heterocycles. The van der Waals surface area contributed by atoms with Gasteiger partial charge in [0.2, 0.25) is 0 Å². The van der Waals surface area contributed by atoms with Crippen molar-refractivity contribution in [2.45, 2.75) is 31.7 Å². The van der Waals surface area contributed by atoms with E-state index in [1.54, 1.807) is 12.1 Å². The molecular formula is C16H17FN2O3. The van der Waals surface area contributed by atoms with Crippen LogP contribution in [0.15, 0.2) is 24.3 Å². The number of carbonyl (C=O) groups is 2. The Bertz CT molecular complexity index is 717. The third-order valence-electron chi connectivity index (χ3n) is 4.24. The van der Waals surface area contributed by atoms with Gasteiger partial charge in [-0.3, -0.25) is 9.59 Å². The fourth-order valence-electron chi connectivity index (χ4n) is 2.97. The number of H-pyrrole nitrogens is 1. The molecule has 116 valence electrons. The van der Waals surface area contributed by atoms with Crippen molar-refractivity contribution in [3.8, 4) is 0 Å². The highest BCUT2D eigenvalue weighted by Gasteiger charge is 2.27. The van der Waals surface area contributed by atoms with E-state index in [9.17, 15) is 14.0 Å². The number of halogens is 1. The average molecular weight is 304 g/mol. The molecular weight excluding hydrogens is 287 g/mol. The SMILES string of the molecule is O=C(NC1CCC(C(=O)O)CC1)c1cc2cc(F)ccc2[nH]1. The van der Waals surface area contributed by atoms with E-state index in [0.717, 1.165) is 0 Å². The van der Waals surface area contributed by atoms with Crippen molar-refractivity contribution in [3.63, 3.8) is 0 Å². The summed E-state index contributed by atoms with van der Waals surface area (Å²) in [6.07, 6.45) is 2.49. The van der Waals surface area contributed by atoms with Crippen LogP contribution in [0.2, 0.25) is 0 Å². The lowest BCUT2D eigenvalue weighted by Crippen LogP contribution is -2.38. The van der Waals surface area contributed by atoms with Crippen molar-refractivity contribution in [2.75, 3.05) is 0 Å². The molecule has 1 aromatic carbocycles. The Morgan fingerprint density at radius 1 is 1.18 bits per heavy atom. The molecule has 1 aliphatic rings. The first-order valence-corrected chi connectivity index (χ1v) is 7.35. The van der Waals surface area contributed by atoms with Crippen LogP contribution in [0.3, 0.4) is 0 Å². The molecule has 0 atom stereocenters. The van der Waals surface area contributed by atoms with Gasteiger partial charge in [-0.05, 0) is 49.9 Å². The van der Waals surface area contributed by atoms with E-state index in [4.69, 9.17) is 5.11 Å². The summed E-state index contributed by atoms with van der Waals surface area (Å²) in [7, 11) is 0. The first-order valence-electron chi connectivity index (χ1n) is 7.35. The number of rotatable bonds is 3. The van der Waals surface area contributed by atoms with Gasteiger partial charge in [-0.2, -0.15) is 0 Å². The molecule has 0 saturated heterocycles. The number of hydrogen-bond donors (Lipinski definition) is 3. The third-order valence-corrected chi connectivity index (χ3v) is 4.24. The minimum absolute atomic E-state index is 0.00810. The fraction of sp³-hybridized carbons (Fsp3) is 0.375. The minimum atomic E-state index is -0.762. The van der Waals surface area contributed by atoms with E-state index in [1.165, 1.54) is 12.1 Å². The lowest BCUT2D eigenvalue weighted by Gasteiger charge is -2.26. The van der Waals surface area contributed by atoms with E-state index in [1.807, 2.05) is 0 Å². The number of aromatic nitrogens is 1. The predicted molar refractivity (Wildman–Crippen MR) is 79.1 cm³/mol. The Morgan fingerprint density at radius 2 is 1.91 bits per heavy atom. The number of amides is 1. The maximum Gasteiger partial charge on any atom is 0.306 e. The van der Waals surface area contributed by atoms with Crippen LogP contribution in [0.25, 0.3) is 10.9 Å². The first kappa shape index (κ1) is 14.6. The molecule has 3 N–H and O–H groups in total. The summed E-state index contributed by atoms with van der Waals surface area (Å²) in [4.78, 5) is 26.1. The summed E-state index contributed by atoms with van der Waals surface area (Å²) in [6.45, 7) is 0. The number of aromatic amines is 1. The number of benzene rings is 1. The van der Waals surface area contributed by atoms with Crippen LogP contribution in [0, 0.1) is 11.7 Å². The number of fused-ring (bicyclic) bond motifs is 1. The van der Waals surface area contributed by atoms with Gasteiger partial charge in [0.25, 0.3) is 5.91 Å². The maximum absolute atomic E-state index is 13.2. The molecule has 3 rings (SSSR count). The molecule has 1 amide bonds. The average Bonchev–Trinajstić information content (AvgIpc) is 2.91. The quantitative estimate of drug-likeness (QED) is 0.815. The van der Waals surface area contributed by atoms with E-state index in [-0.39, 0.29) is 23.7 Å². The molecule has 1 heterocycles. The highest BCUT2D eigenvalue weighted by Crippen LogP contribution is 2.25. The molecule has 1 saturated carbocycles. The Hall–Kier alpha value is -2.37. The van der Waals surface area contributed by atoms with Crippen LogP contribution in [0.1, 0.15) is 36.2 Å². The Morgan fingerprint density at radius 3 is 2.59 bits per heavy atom. The van der Waals surface area contributed by atoms with Crippen LogP contribution in [0.4, 0.5) is 4.39 Å². The molecule has 0 spiro atoms. The van der Waals surface area contributed by atoms with Gasteiger partial charge in [0.15, 0.2) is 0 Å². The van der Waals surface area contributed by atoms with E-state index < -0.39 is 5.97 Å². The molecule has 2 aromatic rings. The summed E-state index contributed by atoms with van der Waals surface area (Å²) in [6, 6.07) is 5.93. The van der Waals surface area contributed by atoms with Crippen LogP contribution in [-0.2, 0) is 4.79 Å². The number of carboxylic acid groups (broad SMARTS) is 1. The molecule has 0 radical (unpaired) electrons. The zero-order valence-electron chi connectivity index (χ0n) is 11.9.